The molecule has 1 aliphatic rings. The Bertz CT molecular complexity index is 1140. The number of benzene rings is 2. The molecule has 2 heterocycles. The molecule has 1 aromatic heterocycles. The van der Waals surface area contributed by atoms with Gasteiger partial charge in [-0.05, 0) is 36.8 Å². The first-order valence-electron chi connectivity index (χ1n) is 9.60. The predicted octanol–water partition coefficient (Wildman–Crippen LogP) is 3.23. The third-order valence-electron chi connectivity index (χ3n) is 5.13. The molecule has 31 heavy (non-hydrogen) atoms. The maximum Gasteiger partial charge on any atom is 0.255 e. The Morgan fingerprint density at radius 1 is 1.03 bits per heavy atom. The maximum atomic E-state index is 13.5. The third-order valence-corrected chi connectivity index (χ3v) is 5.13. The molecule has 0 fully saturated rings. The van der Waals surface area contributed by atoms with E-state index >= 15 is 0 Å². The van der Waals surface area contributed by atoms with Crippen LogP contribution in [0, 0.1) is 0 Å². The van der Waals surface area contributed by atoms with E-state index < -0.39 is 6.04 Å². The summed E-state index contributed by atoms with van der Waals surface area (Å²) in [5.41, 5.74) is 2.61. The lowest BCUT2D eigenvalue weighted by molar-refractivity contribution is -0.113. The number of hydrogen-bond acceptors (Lipinski definition) is 7. The molecule has 0 unspecified atom stereocenters. The van der Waals surface area contributed by atoms with Crippen LogP contribution in [0.15, 0.2) is 60.1 Å². The molecule has 1 amide bonds. The molecule has 0 bridgehead atoms. The van der Waals surface area contributed by atoms with Crippen LogP contribution in [0.1, 0.15) is 18.5 Å². The third kappa shape index (κ3) is 3.77. The summed E-state index contributed by atoms with van der Waals surface area (Å²) in [7, 11) is 4.73. The average molecular weight is 421 g/mol. The minimum Gasteiger partial charge on any atom is -0.497 e. The minimum absolute atomic E-state index is 0.282. The molecule has 2 aromatic carbocycles. The van der Waals surface area contributed by atoms with E-state index in [1.807, 2.05) is 31.2 Å². The first-order chi connectivity index (χ1) is 15.0. The molecular formula is C22H23N5O4. The van der Waals surface area contributed by atoms with Crippen LogP contribution in [-0.2, 0) is 4.79 Å². The van der Waals surface area contributed by atoms with Crippen LogP contribution in [0.4, 0.5) is 11.6 Å². The van der Waals surface area contributed by atoms with Crippen molar-refractivity contribution >= 4 is 17.5 Å². The van der Waals surface area contributed by atoms with Gasteiger partial charge < -0.3 is 24.8 Å². The zero-order valence-corrected chi connectivity index (χ0v) is 17.7. The lowest BCUT2D eigenvalue weighted by atomic mass is 9.95. The van der Waals surface area contributed by atoms with Crippen molar-refractivity contribution in [2.45, 2.75) is 13.0 Å². The molecule has 0 aliphatic carbocycles. The van der Waals surface area contributed by atoms with Crippen LogP contribution in [0.5, 0.6) is 17.2 Å². The van der Waals surface area contributed by atoms with Crippen molar-refractivity contribution in [3.8, 4) is 17.2 Å². The highest BCUT2D eigenvalue weighted by Gasteiger charge is 2.33. The van der Waals surface area contributed by atoms with E-state index in [-0.39, 0.29) is 5.91 Å². The van der Waals surface area contributed by atoms with Gasteiger partial charge in [-0.15, -0.1) is 0 Å². The highest BCUT2D eigenvalue weighted by Crippen LogP contribution is 2.37. The summed E-state index contributed by atoms with van der Waals surface area (Å²) in [6.07, 6.45) is 1.46. The molecule has 1 atom stereocenters. The molecule has 2 N–H and O–H groups in total. The smallest absolute Gasteiger partial charge is 0.255 e. The molecule has 0 saturated heterocycles. The fourth-order valence-corrected chi connectivity index (χ4v) is 3.57. The van der Waals surface area contributed by atoms with E-state index in [9.17, 15) is 4.79 Å². The van der Waals surface area contributed by atoms with Crippen molar-refractivity contribution in [2.75, 3.05) is 32.0 Å². The molecule has 0 spiro atoms. The number of nitrogens with one attached hydrogen (secondary N) is 2. The van der Waals surface area contributed by atoms with E-state index in [2.05, 4.69) is 20.7 Å². The number of carbonyl (C=O) groups excluding carboxylic acids is 1. The number of hydrogen-bond donors (Lipinski definition) is 2. The Morgan fingerprint density at radius 3 is 2.42 bits per heavy atom. The molecule has 3 aromatic rings. The van der Waals surface area contributed by atoms with Gasteiger partial charge in [0.05, 0.1) is 32.6 Å². The number of ether oxygens (including phenoxy) is 3. The van der Waals surface area contributed by atoms with Crippen molar-refractivity contribution in [3.05, 3.63) is 65.6 Å². The lowest BCUT2D eigenvalue weighted by Gasteiger charge is -2.29. The summed E-state index contributed by atoms with van der Waals surface area (Å²) in [5.74, 6) is 2.14. The van der Waals surface area contributed by atoms with Crippen LogP contribution < -0.4 is 24.8 Å². The van der Waals surface area contributed by atoms with Crippen molar-refractivity contribution in [1.82, 2.24) is 14.8 Å². The first kappa shape index (κ1) is 20.3. The molecule has 9 nitrogen and oxygen atoms in total. The number of carbonyl (C=O) groups is 1. The Balaban J connectivity index is 1.73. The van der Waals surface area contributed by atoms with Gasteiger partial charge in [0.1, 0.15) is 29.6 Å². The summed E-state index contributed by atoms with van der Waals surface area (Å²) in [4.78, 5) is 17.7. The average Bonchev–Trinajstić information content (AvgIpc) is 3.26. The van der Waals surface area contributed by atoms with Crippen molar-refractivity contribution in [2.24, 2.45) is 0 Å². The van der Waals surface area contributed by atoms with E-state index in [0.29, 0.717) is 34.4 Å². The molecule has 9 heteroatoms. The number of allylic oxidation sites excluding steroid dienone is 1. The second-order valence-corrected chi connectivity index (χ2v) is 6.89. The Labute approximate surface area is 179 Å². The van der Waals surface area contributed by atoms with Crippen LogP contribution in [0.2, 0.25) is 0 Å². The molecule has 1 aliphatic heterocycles. The van der Waals surface area contributed by atoms with Crippen molar-refractivity contribution in [1.29, 1.82) is 0 Å². The number of anilines is 2. The Hall–Kier alpha value is -4.01. The topological polar surface area (TPSA) is 99.5 Å². The number of rotatable bonds is 6. The number of methoxy groups -OCH3 is 3. The normalized spacial score (nSPS) is 15.0. The molecule has 0 saturated carbocycles. The van der Waals surface area contributed by atoms with Crippen LogP contribution in [0.3, 0.4) is 0 Å². The van der Waals surface area contributed by atoms with Crippen LogP contribution in [0.25, 0.3) is 0 Å². The standard InChI is InChI=1S/C22H23N5O4/c1-13-19(21(28)26-17-10-9-16(30-3)11-18(17)31-4)20(27-22(25-13)23-12-24-27)14-5-7-15(29-2)8-6-14/h5-12,20H,1-4H3,(H,26,28)(H,23,24,25)/t20-/m1/s1. The van der Waals surface area contributed by atoms with Gasteiger partial charge in [0, 0.05) is 11.8 Å². The quantitative estimate of drug-likeness (QED) is 0.630. The summed E-state index contributed by atoms with van der Waals surface area (Å²) in [6, 6.07) is 12.3. The van der Waals surface area contributed by atoms with Gasteiger partial charge >= 0.3 is 0 Å². The van der Waals surface area contributed by atoms with Crippen LogP contribution in [-0.4, -0.2) is 42.0 Å². The number of nitrogens with zero attached hydrogens (tertiary/aromatic N) is 3. The summed E-state index contributed by atoms with van der Waals surface area (Å²) in [5, 5.41) is 10.5. The Morgan fingerprint density at radius 2 is 1.74 bits per heavy atom. The van der Waals surface area contributed by atoms with E-state index in [4.69, 9.17) is 14.2 Å². The van der Waals surface area contributed by atoms with Crippen molar-refractivity contribution < 1.29 is 19.0 Å². The number of aromatic nitrogens is 3. The maximum absolute atomic E-state index is 13.5. The SMILES string of the molecule is COc1ccc([C@@H]2C(C(=O)Nc3ccc(OC)cc3OC)=C(C)Nc3ncnn32)cc1. The van der Waals surface area contributed by atoms with E-state index in [0.717, 1.165) is 11.3 Å². The summed E-state index contributed by atoms with van der Waals surface area (Å²) in [6.45, 7) is 1.84. The summed E-state index contributed by atoms with van der Waals surface area (Å²) >= 11 is 0. The first-order valence-corrected chi connectivity index (χ1v) is 9.60. The highest BCUT2D eigenvalue weighted by atomic mass is 16.5. The highest BCUT2D eigenvalue weighted by molar-refractivity contribution is 6.06. The molecule has 160 valence electrons. The fourth-order valence-electron chi connectivity index (χ4n) is 3.57. The second-order valence-electron chi connectivity index (χ2n) is 6.89. The fraction of sp³-hybridized carbons (Fsp3) is 0.227. The summed E-state index contributed by atoms with van der Waals surface area (Å²) < 4.78 is 17.6. The van der Waals surface area contributed by atoms with Gasteiger partial charge in [-0.3, -0.25) is 4.79 Å². The minimum atomic E-state index is -0.464. The van der Waals surface area contributed by atoms with Gasteiger partial charge in [-0.2, -0.15) is 10.1 Å². The zero-order valence-electron chi connectivity index (χ0n) is 17.7. The van der Waals surface area contributed by atoms with E-state index in [1.165, 1.54) is 6.33 Å². The van der Waals surface area contributed by atoms with Crippen molar-refractivity contribution in [3.63, 3.8) is 0 Å². The lowest BCUT2D eigenvalue weighted by Crippen LogP contribution is -2.31. The predicted molar refractivity (Wildman–Crippen MR) is 116 cm³/mol. The number of fused-ring (bicyclic) bond motifs is 1. The molecule has 0 radical (unpaired) electrons. The largest absolute Gasteiger partial charge is 0.497 e. The van der Waals surface area contributed by atoms with Gasteiger partial charge in [0.2, 0.25) is 5.95 Å². The molecule has 4 rings (SSSR count). The zero-order chi connectivity index (χ0) is 22.0. The monoisotopic (exact) mass is 421 g/mol. The number of amides is 1. The van der Waals surface area contributed by atoms with E-state index in [1.54, 1.807) is 44.2 Å². The second kappa shape index (κ2) is 8.39. The van der Waals surface area contributed by atoms with Gasteiger partial charge in [-0.25, -0.2) is 4.68 Å². The molecular weight excluding hydrogens is 398 g/mol. The van der Waals surface area contributed by atoms with Gasteiger partial charge in [0.25, 0.3) is 5.91 Å². The van der Waals surface area contributed by atoms with Crippen LogP contribution >= 0.6 is 0 Å². The van der Waals surface area contributed by atoms with Gasteiger partial charge in [-0.1, -0.05) is 12.1 Å². The Kier molecular flexibility index (Phi) is 5.48. The van der Waals surface area contributed by atoms with Gasteiger partial charge in [0.15, 0.2) is 0 Å².